The monoisotopic (exact) mass is 463 g/mol. The number of rotatable bonds is 6. The Labute approximate surface area is 196 Å². The van der Waals surface area contributed by atoms with Crippen molar-refractivity contribution in [2.75, 3.05) is 5.32 Å². The maximum absolute atomic E-state index is 12.5. The highest BCUT2D eigenvalue weighted by Gasteiger charge is 2.16. The Morgan fingerprint density at radius 2 is 1.58 bits per heavy atom. The first-order valence-corrected chi connectivity index (χ1v) is 10.6. The number of amides is 2. The molecule has 3 rings (SSSR count). The van der Waals surface area contributed by atoms with Gasteiger partial charge in [-0.25, -0.2) is 10.2 Å². The van der Waals surface area contributed by atoms with Gasteiger partial charge in [0.05, 0.1) is 11.3 Å². The first kappa shape index (κ1) is 23.7. The molecule has 0 atom stereocenters. The number of hydrazone groups is 1. The third kappa shape index (κ3) is 6.27. The molecular formula is C25H22ClN3O4. The van der Waals surface area contributed by atoms with E-state index in [0.29, 0.717) is 34.0 Å². The van der Waals surface area contributed by atoms with E-state index in [-0.39, 0.29) is 5.75 Å². The molecular weight excluding hydrogens is 442 g/mol. The summed E-state index contributed by atoms with van der Waals surface area (Å²) in [6.45, 7) is 3.58. The highest BCUT2D eigenvalue weighted by molar-refractivity contribution is 6.39. The molecule has 0 radical (unpaired) electrons. The molecule has 0 aromatic heterocycles. The quantitative estimate of drug-likeness (QED) is 0.183. The van der Waals surface area contributed by atoms with E-state index in [2.05, 4.69) is 15.8 Å². The number of anilines is 1. The van der Waals surface area contributed by atoms with Crippen molar-refractivity contribution < 1.29 is 19.1 Å². The summed E-state index contributed by atoms with van der Waals surface area (Å²) in [7, 11) is 0. The van der Waals surface area contributed by atoms with Crippen molar-refractivity contribution in [2.24, 2.45) is 5.10 Å². The fraction of sp³-hybridized carbons (Fsp3) is 0.120. The maximum atomic E-state index is 12.5. The molecule has 2 amide bonds. The van der Waals surface area contributed by atoms with Gasteiger partial charge in [-0.15, -0.1) is 0 Å². The van der Waals surface area contributed by atoms with Crippen LogP contribution in [-0.4, -0.2) is 23.5 Å². The Morgan fingerprint density at radius 3 is 2.30 bits per heavy atom. The van der Waals surface area contributed by atoms with E-state index in [4.69, 9.17) is 16.3 Å². The number of para-hydroxylation sites is 2. The highest BCUT2D eigenvalue weighted by atomic mass is 35.5. The van der Waals surface area contributed by atoms with Crippen LogP contribution in [0.1, 0.15) is 35.3 Å². The summed E-state index contributed by atoms with van der Waals surface area (Å²) < 4.78 is 5.50. The minimum Gasteiger partial charge on any atom is -0.422 e. The number of nitrogens with one attached hydrogen (secondary N) is 2. The third-order valence-corrected chi connectivity index (χ3v) is 4.99. The van der Waals surface area contributed by atoms with E-state index in [9.17, 15) is 14.4 Å². The second-order valence-electron chi connectivity index (χ2n) is 7.00. The van der Waals surface area contributed by atoms with Crippen LogP contribution in [0, 0.1) is 0 Å². The second-order valence-corrected chi connectivity index (χ2v) is 7.43. The second kappa shape index (κ2) is 11.1. The summed E-state index contributed by atoms with van der Waals surface area (Å²) in [5.74, 6) is -2.06. The first-order chi connectivity index (χ1) is 15.9. The van der Waals surface area contributed by atoms with Gasteiger partial charge < -0.3 is 10.1 Å². The van der Waals surface area contributed by atoms with Crippen LogP contribution in [-0.2, 0) is 16.0 Å². The molecule has 0 saturated carbocycles. The molecule has 0 aliphatic rings. The molecule has 3 aromatic carbocycles. The smallest absolute Gasteiger partial charge is 0.343 e. The molecule has 2 N–H and O–H groups in total. The molecule has 0 unspecified atom stereocenters. The molecule has 0 aliphatic heterocycles. The molecule has 0 spiro atoms. The molecule has 33 heavy (non-hydrogen) atoms. The van der Waals surface area contributed by atoms with Crippen LogP contribution in [0.5, 0.6) is 5.75 Å². The van der Waals surface area contributed by atoms with Gasteiger partial charge in [0, 0.05) is 16.3 Å². The summed E-state index contributed by atoms with van der Waals surface area (Å²) >= 11 is 5.86. The van der Waals surface area contributed by atoms with Crippen molar-refractivity contribution >= 4 is 40.8 Å². The lowest BCUT2D eigenvalue weighted by Crippen LogP contribution is -2.33. The number of benzene rings is 3. The average molecular weight is 464 g/mol. The summed E-state index contributed by atoms with van der Waals surface area (Å²) in [6, 6.07) is 20.3. The minimum absolute atomic E-state index is 0.259. The van der Waals surface area contributed by atoms with Gasteiger partial charge in [-0.3, -0.25) is 9.59 Å². The Balaban J connectivity index is 1.69. The van der Waals surface area contributed by atoms with Gasteiger partial charge in [0.15, 0.2) is 0 Å². The number of ether oxygens (including phenoxy) is 1. The molecule has 0 aliphatic carbocycles. The SMILES string of the molecule is CCc1ccccc1NC(=O)C(=O)N/N=C(\C)c1ccccc1OC(=O)c1ccc(Cl)cc1. The van der Waals surface area contributed by atoms with E-state index in [1.54, 1.807) is 67.6 Å². The first-order valence-electron chi connectivity index (χ1n) is 10.2. The third-order valence-electron chi connectivity index (χ3n) is 4.74. The predicted molar refractivity (Wildman–Crippen MR) is 128 cm³/mol. The van der Waals surface area contributed by atoms with E-state index < -0.39 is 17.8 Å². The standard InChI is InChI=1S/C25H22ClN3O4/c1-3-17-8-4-6-10-21(17)27-23(30)24(31)29-28-16(2)20-9-5-7-11-22(20)33-25(32)18-12-14-19(26)15-13-18/h4-15H,3H2,1-2H3,(H,27,30)(H,29,31)/b28-16+. The molecule has 0 heterocycles. The zero-order chi connectivity index (χ0) is 23.8. The van der Waals surface area contributed by atoms with E-state index >= 15 is 0 Å². The van der Waals surface area contributed by atoms with Gasteiger partial charge in [-0.1, -0.05) is 48.9 Å². The van der Waals surface area contributed by atoms with Crippen molar-refractivity contribution in [3.63, 3.8) is 0 Å². The van der Waals surface area contributed by atoms with Crippen molar-refractivity contribution in [1.29, 1.82) is 0 Å². The topological polar surface area (TPSA) is 96.9 Å². The van der Waals surface area contributed by atoms with E-state index in [1.165, 1.54) is 0 Å². The van der Waals surface area contributed by atoms with Crippen LogP contribution in [0.3, 0.4) is 0 Å². The molecule has 7 nitrogen and oxygen atoms in total. The summed E-state index contributed by atoms with van der Waals surface area (Å²) in [4.78, 5) is 36.9. The molecule has 0 bridgehead atoms. The molecule has 0 saturated heterocycles. The number of nitrogens with zero attached hydrogens (tertiary/aromatic N) is 1. The zero-order valence-electron chi connectivity index (χ0n) is 18.1. The Morgan fingerprint density at radius 1 is 0.909 bits per heavy atom. The Bertz CT molecular complexity index is 1210. The van der Waals surface area contributed by atoms with Gasteiger partial charge in [0.1, 0.15) is 5.75 Å². The van der Waals surface area contributed by atoms with Crippen LogP contribution >= 0.6 is 11.6 Å². The lowest BCUT2D eigenvalue weighted by atomic mass is 10.1. The van der Waals surface area contributed by atoms with Crippen molar-refractivity contribution in [1.82, 2.24) is 5.43 Å². The van der Waals surface area contributed by atoms with Crippen LogP contribution in [0.2, 0.25) is 5.02 Å². The average Bonchev–Trinajstić information content (AvgIpc) is 2.83. The zero-order valence-corrected chi connectivity index (χ0v) is 18.8. The molecule has 0 fully saturated rings. The van der Waals surface area contributed by atoms with Gasteiger partial charge in [-0.2, -0.15) is 5.10 Å². The number of hydrogen-bond donors (Lipinski definition) is 2. The maximum Gasteiger partial charge on any atom is 0.343 e. The fourth-order valence-electron chi connectivity index (χ4n) is 2.97. The minimum atomic E-state index is -0.920. The summed E-state index contributed by atoms with van der Waals surface area (Å²) in [5, 5.41) is 7.09. The highest BCUT2D eigenvalue weighted by Crippen LogP contribution is 2.21. The predicted octanol–water partition coefficient (Wildman–Crippen LogP) is 4.60. The lowest BCUT2D eigenvalue weighted by Gasteiger charge is -2.11. The van der Waals surface area contributed by atoms with Crippen LogP contribution < -0.4 is 15.5 Å². The number of esters is 1. The van der Waals surface area contributed by atoms with E-state index in [0.717, 1.165) is 5.56 Å². The molecule has 168 valence electrons. The molecule has 3 aromatic rings. The van der Waals surface area contributed by atoms with Gasteiger partial charge >= 0.3 is 17.8 Å². The summed E-state index contributed by atoms with van der Waals surface area (Å²) in [6.07, 6.45) is 0.709. The molecule has 8 heteroatoms. The normalized spacial score (nSPS) is 10.9. The number of carbonyl (C=O) groups excluding carboxylic acids is 3. The fourth-order valence-corrected chi connectivity index (χ4v) is 3.10. The van der Waals surface area contributed by atoms with Gasteiger partial charge in [0.2, 0.25) is 0 Å². The number of aryl methyl sites for hydroxylation is 1. The largest absolute Gasteiger partial charge is 0.422 e. The van der Waals surface area contributed by atoms with E-state index in [1.807, 2.05) is 19.1 Å². The van der Waals surface area contributed by atoms with Crippen LogP contribution in [0.25, 0.3) is 0 Å². The Hall–Kier alpha value is -3.97. The van der Waals surface area contributed by atoms with Gasteiger partial charge in [0.25, 0.3) is 0 Å². The van der Waals surface area contributed by atoms with Gasteiger partial charge in [-0.05, 0) is 61.4 Å². The van der Waals surface area contributed by atoms with Crippen molar-refractivity contribution in [3.8, 4) is 5.75 Å². The van der Waals surface area contributed by atoms with Crippen LogP contribution in [0.15, 0.2) is 77.9 Å². The number of carbonyl (C=O) groups is 3. The van der Waals surface area contributed by atoms with Crippen molar-refractivity contribution in [3.05, 3.63) is 94.5 Å². The van der Waals surface area contributed by atoms with Crippen molar-refractivity contribution in [2.45, 2.75) is 20.3 Å². The van der Waals surface area contributed by atoms with Crippen LogP contribution in [0.4, 0.5) is 5.69 Å². The lowest BCUT2D eigenvalue weighted by molar-refractivity contribution is -0.136. The number of hydrogen-bond acceptors (Lipinski definition) is 5. The number of halogens is 1. The Kier molecular flexibility index (Phi) is 7.94. The summed E-state index contributed by atoms with van der Waals surface area (Å²) in [5.41, 5.74) is 4.89.